The number of hydrogen-bond donors (Lipinski definition) is 3. The van der Waals surface area contributed by atoms with Crippen molar-refractivity contribution in [1.82, 2.24) is 9.97 Å². The molecule has 0 amide bonds. The van der Waals surface area contributed by atoms with Crippen LogP contribution in [0.25, 0.3) is 0 Å². The Bertz CT molecular complexity index is 1020. The molecular weight excluding hydrogens is 373 g/mol. The maximum absolute atomic E-state index is 12.9. The van der Waals surface area contributed by atoms with Crippen molar-refractivity contribution in [3.05, 3.63) is 71.5 Å². The highest BCUT2D eigenvalue weighted by Gasteiger charge is 2.30. The summed E-state index contributed by atoms with van der Waals surface area (Å²) < 4.78 is 38.6. The van der Waals surface area contributed by atoms with E-state index in [1.165, 1.54) is 30.3 Å². The molecule has 6 nitrogen and oxygen atoms in total. The van der Waals surface area contributed by atoms with Gasteiger partial charge in [0.2, 0.25) is 0 Å². The minimum atomic E-state index is -4.44. The van der Waals surface area contributed by atoms with Crippen molar-refractivity contribution in [1.29, 1.82) is 0 Å². The molecule has 0 aliphatic heterocycles. The second kappa shape index (κ2) is 7.55. The standard InChI is InChI=1S/C19H15F3N4O2/c1-11-23-16(25-14-6-2-4-12(8-14)18(27)28)10-17(24-11)26-15-7-3-5-13(9-15)19(20,21)22/h2-10H,1H3,(H,27,28)(H2,23,24,25,26). The van der Waals surface area contributed by atoms with Crippen LogP contribution < -0.4 is 10.6 Å². The molecule has 0 bridgehead atoms. The molecule has 0 unspecified atom stereocenters. The first kappa shape index (κ1) is 19.2. The van der Waals surface area contributed by atoms with E-state index in [0.717, 1.165) is 12.1 Å². The van der Waals surface area contributed by atoms with Crippen LogP contribution in [0, 0.1) is 6.92 Å². The number of aromatic nitrogens is 2. The molecule has 9 heteroatoms. The van der Waals surface area contributed by atoms with E-state index in [9.17, 15) is 18.0 Å². The van der Waals surface area contributed by atoms with Gasteiger partial charge in [-0.15, -0.1) is 0 Å². The maximum Gasteiger partial charge on any atom is 0.416 e. The number of alkyl halides is 3. The summed E-state index contributed by atoms with van der Waals surface area (Å²) >= 11 is 0. The second-order valence-electron chi connectivity index (χ2n) is 5.90. The van der Waals surface area contributed by atoms with E-state index in [-0.39, 0.29) is 11.3 Å². The number of nitrogens with zero attached hydrogens (tertiary/aromatic N) is 2. The lowest BCUT2D eigenvalue weighted by Crippen LogP contribution is -2.06. The molecule has 0 spiro atoms. The number of aromatic carboxylic acids is 1. The predicted octanol–water partition coefficient (Wildman–Crippen LogP) is 4.99. The molecule has 0 atom stereocenters. The van der Waals surface area contributed by atoms with Crippen molar-refractivity contribution >= 4 is 29.0 Å². The smallest absolute Gasteiger partial charge is 0.416 e. The monoisotopic (exact) mass is 388 g/mol. The van der Waals surface area contributed by atoms with Gasteiger partial charge in [0, 0.05) is 17.4 Å². The molecule has 0 aliphatic carbocycles. The lowest BCUT2D eigenvalue weighted by Gasteiger charge is -2.12. The van der Waals surface area contributed by atoms with Crippen LogP contribution in [-0.4, -0.2) is 21.0 Å². The Morgan fingerprint density at radius 2 is 1.50 bits per heavy atom. The summed E-state index contributed by atoms with van der Waals surface area (Å²) in [7, 11) is 0. The van der Waals surface area contributed by atoms with Crippen molar-refractivity contribution in [2.24, 2.45) is 0 Å². The van der Waals surface area contributed by atoms with Crippen LogP contribution in [-0.2, 0) is 6.18 Å². The third kappa shape index (κ3) is 4.76. The van der Waals surface area contributed by atoms with Crippen LogP contribution in [0.15, 0.2) is 54.6 Å². The van der Waals surface area contributed by atoms with E-state index >= 15 is 0 Å². The van der Waals surface area contributed by atoms with Gasteiger partial charge in [0.1, 0.15) is 17.5 Å². The van der Waals surface area contributed by atoms with Crippen molar-refractivity contribution < 1.29 is 23.1 Å². The van der Waals surface area contributed by atoms with Gasteiger partial charge in [-0.1, -0.05) is 12.1 Å². The molecule has 0 fully saturated rings. The third-order valence-corrected chi connectivity index (χ3v) is 3.68. The average molecular weight is 388 g/mol. The van der Waals surface area contributed by atoms with Gasteiger partial charge in [-0.25, -0.2) is 14.8 Å². The average Bonchev–Trinajstić information content (AvgIpc) is 2.61. The highest BCUT2D eigenvalue weighted by molar-refractivity contribution is 5.89. The maximum atomic E-state index is 12.9. The minimum Gasteiger partial charge on any atom is -0.478 e. The SMILES string of the molecule is Cc1nc(Nc2cccc(C(=O)O)c2)cc(Nc2cccc(C(F)(F)F)c2)n1. The summed E-state index contributed by atoms with van der Waals surface area (Å²) in [4.78, 5) is 19.5. The van der Waals surface area contributed by atoms with Crippen molar-refractivity contribution in [2.75, 3.05) is 10.6 Å². The molecular formula is C19H15F3N4O2. The molecule has 3 aromatic rings. The number of benzene rings is 2. The summed E-state index contributed by atoms with van der Waals surface area (Å²) in [6, 6.07) is 12.4. The summed E-state index contributed by atoms with van der Waals surface area (Å²) in [6.45, 7) is 1.64. The fraction of sp³-hybridized carbons (Fsp3) is 0.105. The fourth-order valence-electron chi connectivity index (χ4n) is 2.49. The number of hydrogen-bond acceptors (Lipinski definition) is 5. The number of rotatable bonds is 5. The van der Waals surface area contributed by atoms with Gasteiger partial charge in [-0.05, 0) is 43.3 Å². The van der Waals surface area contributed by atoms with Gasteiger partial charge in [0.05, 0.1) is 11.1 Å². The van der Waals surface area contributed by atoms with E-state index in [2.05, 4.69) is 20.6 Å². The Morgan fingerprint density at radius 1 is 0.929 bits per heavy atom. The number of aryl methyl sites for hydroxylation is 1. The van der Waals surface area contributed by atoms with Gasteiger partial charge in [-0.3, -0.25) is 0 Å². The molecule has 2 aromatic carbocycles. The van der Waals surface area contributed by atoms with Crippen LogP contribution in [0.3, 0.4) is 0 Å². The number of carboxylic acid groups (broad SMARTS) is 1. The molecule has 28 heavy (non-hydrogen) atoms. The van der Waals surface area contributed by atoms with Crippen LogP contribution in [0.5, 0.6) is 0 Å². The lowest BCUT2D eigenvalue weighted by atomic mass is 10.2. The molecule has 3 rings (SSSR count). The zero-order chi connectivity index (χ0) is 20.3. The zero-order valence-electron chi connectivity index (χ0n) is 14.6. The number of anilines is 4. The Balaban J connectivity index is 1.84. The molecule has 0 aliphatic rings. The van der Waals surface area contributed by atoms with Crippen LogP contribution >= 0.6 is 0 Å². The Hall–Kier alpha value is -3.62. The number of carbonyl (C=O) groups is 1. The first-order valence-electron chi connectivity index (χ1n) is 8.11. The Kier molecular flexibility index (Phi) is 5.16. The second-order valence-corrected chi connectivity index (χ2v) is 5.90. The molecule has 0 saturated carbocycles. The molecule has 0 saturated heterocycles. The van der Waals surface area contributed by atoms with E-state index < -0.39 is 17.7 Å². The molecule has 3 N–H and O–H groups in total. The first-order chi connectivity index (χ1) is 13.2. The number of carboxylic acids is 1. The fourth-order valence-corrected chi connectivity index (χ4v) is 2.49. The topological polar surface area (TPSA) is 87.1 Å². The van der Waals surface area contributed by atoms with Crippen LogP contribution in [0.4, 0.5) is 36.2 Å². The lowest BCUT2D eigenvalue weighted by molar-refractivity contribution is -0.137. The number of nitrogens with one attached hydrogen (secondary N) is 2. The summed E-state index contributed by atoms with van der Waals surface area (Å²) in [5, 5.41) is 14.9. The largest absolute Gasteiger partial charge is 0.478 e. The van der Waals surface area contributed by atoms with Crippen LogP contribution in [0.1, 0.15) is 21.7 Å². The number of halogens is 3. The quantitative estimate of drug-likeness (QED) is 0.571. The minimum absolute atomic E-state index is 0.109. The van der Waals surface area contributed by atoms with Gasteiger partial charge in [0.15, 0.2) is 0 Å². The van der Waals surface area contributed by atoms with E-state index in [4.69, 9.17) is 5.11 Å². The summed E-state index contributed by atoms with van der Waals surface area (Å²) in [5.41, 5.74) is 0.0694. The van der Waals surface area contributed by atoms with Gasteiger partial charge < -0.3 is 15.7 Å². The van der Waals surface area contributed by atoms with Crippen molar-refractivity contribution in [2.45, 2.75) is 13.1 Å². The van der Waals surface area contributed by atoms with Crippen LogP contribution in [0.2, 0.25) is 0 Å². The summed E-state index contributed by atoms with van der Waals surface area (Å²) in [6.07, 6.45) is -4.44. The van der Waals surface area contributed by atoms with E-state index in [1.54, 1.807) is 19.1 Å². The Morgan fingerprint density at radius 3 is 2.07 bits per heavy atom. The van der Waals surface area contributed by atoms with E-state index in [1.807, 2.05) is 0 Å². The van der Waals surface area contributed by atoms with Gasteiger partial charge in [0.25, 0.3) is 0 Å². The summed E-state index contributed by atoms with van der Waals surface area (Å²) in [5.74, 6) is -0.0171. The molecule has 1 heterocycles. The zero-order valence-corrected chi connectivity index (χ0v) is 14.6. The first-order valence-corrected chi connectivity index (χ1v) is 8.11. The highest BCUT2D eigenvalue weighted by atomic mass is 19.4. The highest BCUT2D eigenvalue weighted by Crippen LogP contribution is 2.31. The third-order valence-electron chi connectivity index (χ3n) is 3.68. The van der Waals surface area contributed by atoms with Crippen molar-refractivity contribution in [3.8, 4) is 0 Å². The normalized spacial score (nSPS) is 11.1. The van der Waals surface area contributed by atoms with E-state index in [0.29, 0.717) is 23.1 Å². The molecule has 1 aromatic heterocycles. The predicted molar refractivity (Wildman–Crippen MR) is 98.2 cm³/mol. The molecule has 0 radical (unpaired) electrons. The molecule has 144 valence electrons. The van der Waals surface area contributed by atoms with Gasteiger partial charge >= 0.3 is 12.1 Å². The van der Waals surface area contributed by atoms with Gasteiger partial charge in [-0.2, -0.15) is 13.2 Å². The van der Waals surface area contributed by atoms with Crippen molar-refractivity contribution in [3.63, 3.8) is 0 Å². The Labute approximate surface area is 158 Å².